The number of carbonyl (C=O) groups is 1. The van der Waals surface area contributed by atoms with Crippen LogP contribution in [0.15, 0.2) is 28.5 Å². The van der Waals surface area contributed by atoms with Gasteiger partial charge >= 0.3 is 5.97 Å². The maximum Gasteiger partial charge on any atom is 0.337 e. The Kier molecular flexibility index (Phi) is 3.80. The standard InChI is InChI=1S/C13H14N2O3S/c1-8(2)12-14-10(7-19-12)6-15-5-9(13(17)18)3-4-11(15)16/h3-5,7-8H,6H2,1-2H3,(H,17,18). The molecule has 0 unspecified atom stereocenters. The van der Waals surface area contributed by atoms with E-state index in [0.717, 1.165) is 10.7 Å². The van der Waals surface area contributed by atoms with Gasteiger partial charge in [-0.3, -0.25) is 4.79 Å². The van der Waals surface area contributed by atoms with Crippen molar-refractivity contribution in [2.75, 3.05) is 0 Å². The van der Waals surface area contributed by atoms with E-state index in [1.165, 1.54) is 22.9 Å². The van der Waals surface area contributed by atoms with E-state index in [9.17, 15) is 9.59 Å². The molecule has 0 saturated carbocycles. The summed E-state index contributed by atoms with van der Waals surface area (Å²) in [6.45, 7) is 4.41. The summed E-state index contributed by atoms with van der Waals surface area (Å²) in [6.07, 6.45) is 1.35. The van der Waals surface area contributed by atoms with Crippen molar-refractivity contribution in [1.82, 2.24) is 9.55 Å². The van der Waals surface area contributed by atoms with E-state index in [-0.39, 0.29) is 11.1 Å². The van der Waals surface area contributed by atoms with Gasteiger partial charge in [0, 0.05) is 23.6 Å². The molecule has 0 atom stereocenters. The molecule has 0 aliphatic rings. The number of aromatic carboxylic acids is 1. The number of hydrogen-bond acceptors (Lipinski definition) is 4. The second-order valence-corrected chi connectivity index (χ2v) is 5.41. The number of aromatic nitrogens is 2. The third kappa shape index (κ3) is 3.08. The molecule has 19 heavy (non-hydrogen) atoms. The summed E-state index contributed by atoms with van der Waals surface area (Å²) in [7, 11) is 0. The summed E-state index contributed by atoms with van der Waals surface area (Å²) in [6, 6.07) is 2.57. The first-order chi connectivity index (χ1) is 8.97. The molecule has 6 heteroatoms. The lowest BCUT2D eigenvalue weighted by Gasteiger charge is -2.04. The number of thiazole rings is 1. The van der Waals surface area contributed by atoms with Gasteiger partial charge < -0.3 is 9.67 Å². The van der Waals surface area contributed by atoms with E-state index in [2.05, 4.69) is 18.8 Å². The van der Waals surface area contributed by atoms with E-state index < -0.39 is 5.97 Å². The third-order valence-corrected chi connectivity index (χ3v) is 3.82. The second kappa shape index (κ2) is 5.36. The molecule has 0 aliphatic heterocycles. The van der Waals surface area contributed by atoms with Crippen LogP contribution in [0.1, 0.15) is 40.8 Å². The molecular formula is C13H14N2O3S. The Bertz CT molecular complexity index is 658. The lowest BCUT2D eigenvalue weighted by atomic mass is 10.2. The number of nitrogens with zero attached hydrogens (tertiary/aromatic N) is 2. The van der Waals surface area contributed by atoms with Gasteiger partial charge in [-0.05, 0) is 6.07 Å². The van der Waals surface area contributed by atoms with Crippen molar-refractivity contribution in [3.8, 4) is 0 Å². The zero-order valence-electron chi connectivity index (χ0n) is 10.7. The highest BCUT2D eigenvalue weighted by Crippen LogP contribution is 2.19. The predicted molar refractivity (Wildman–Crippen MR) is 73.0 cm³/mol. The average Bonchev–Trinajstić information content (AvgIpc) is 2.80. The van der Waals surface area contributed by atoms with Gasteiger partial charge in [0.2, 0.25) is 0 Å². The fourth-order valence-electron chi connectivity index (χ4n) is 1.62. The molecule has 0 aliphatic carbocycles. The molecule has 2 heterocycles. The van der Waals surface area contributed by atoms with Crippen LogP contribution in [-0.4, -0.2) is 20.6 Å². The summed E-state index contributed by atoms with van der Waals surface area (Å²) < 4.78 is 1.36. The van der Waals surface area contributed by atoms with Crippen LogP contribution in [0.3, 0.4) is 0 Å². The van der Waals surface area contributed by atoms with Crippen LogP contribution < -0.4 is 5.56 Å². The lowest BCUT2D eigenvalue weighted by Crippen LogP contribution is -2.20. The first-order valence-electron chi connectivity index (χ1n) is 5.85. The molecule has 2 aromatic rings. The Morgan fingerprint density at radius 3 is 2.79 bits per heavy atom. The Balaban J connectivity index is 2.29. The quantitative estimate of drug-likeness (QED) is 0.930. The molecule has 100 valence electrons. The Morgan fingerprint density at radius 1 is 1.47 bits per heavy atom. The Morgan fingerprint density at radius 2 is 2.21 bits per heavy atom. The van der Waals surface area contributed by atoms with E-state index in [1.54, 1.807) is 11.3 Å². The van der Waals surface area contributed by atoms with Gasteiger partial charge in [-0.15, -0.1) is 11.3 Å². The van der Waals surface area contributed by atoms with Crippen molar-refractivity contribution >= 4 is 17.3 Å². The topological polar surface area (TPSA) is 72.2 Å². The van der Waals surface area contributed by atoms with E-state index in [0.29, 0.717) is 12.5 Å². The van der Waals surface area contributed by atoms with Gasteiger partial charge in [0.05, 0.1) is 22.8 Å². The molecule has 0 saturated heterocycles. The molecule has 5 nitrogen and oxygen atoms in total. The minimum absolute atomic E-state index is 0.0962. The highest BCUT2D eigenvalue weighted by Gasteiger charge is 2.09. The largest absolute Gasteiger partial charge is 0.478 e. The summed E-state index contributed by atoms with van der Waals surface area (Å²) >= 11 is 1.55. The summed E-state index contributed by atoms with van der Waals surface area (Å²) in [5, 5.41) is 11.8. The number of carboxylic acid groups (broad SMARTS) is 1. The van der Waals surface area contributed by atoms with Crippen molar-refractivity contribution < 1.29 is 9.90 Å². The first-order valence-corrected chi connectivity index (χ1v) is 6.73. The first kappa shape index (κ1) is 13.5. The zero-order chi connectivity index (χ0) is 14.0. The SMILES string of the molecule is CC(C)c1nc(Cn2cc(C(=O)O)ccc2=O)cs1. The van der Waals surface area contributed by atoms with Gasteiger partial charge in [0.1, 0.15) is 0 Å². The highest BCUT2D eigenvalue weighted by atomic mass is 32.1. The van der Waals surface area contributed by atoms with Crippen LogP contribution in [0.4, 0.5) is 0 Å². The van der Waals surface area contributed by atoms with Crippen LogP contribution in [-0.2, 0) is 6.54 Å². The van der Waals surface area contributed by atoms with Gasteiger partial charge in [-0.25, -0.2) is 9.78 Å². The smallest absolute Gasteiger partial charge is 0.337 e. The molecule has 0 aromatic carbocycles. The fourth-order valence-corrected chi connectivity index (χ4v) is 2.44. The van der Waals surface area contributed by atoms with E-state index in [4.69, 9.17) is 5.11 Å². The second-order valence-electron chi connectivity index (χ2n) is 4.52. The lowest BCUT2D eigenvalue weighted by molar-refractivity contribution is 0.0696. The van der Waals surface area contributed by atoms with Gasteiger partial charge in [0.25, 0.3) is 5.56 Å². The van der Waals surface area contributed by atoms with Crippen molar-refractivity contribution in [3.05, 3.63) is 50.3 Å². The van der Waals surface area contributed by atoms with Gasteiger partial charge in [-0.1, -0.05) is 13.8 Å². The van der Waals surface area contributed by atoms with Crippen LogP contribution >= 0.6 is 11.3 Å². The summed E-state index contributed by atoms with van der Waals surface area (Å²) in [5.74, 6) is -0.698. The van der Waals surface area contributed by atoms with Gasteiger partial charge in [0.15, 0.2) is 0 Å². The Hall–Kier alpha value is -1.95. The number of carboxylic acids is 1. The summed E-state index contributed by atoms with van der Waals surface area (Å²) in [5.41, 5.74) is 0.640. The maximum absolute atomic E-state index is 11.7. The van der Waals surface area contributed by atoms with Crippen molar-refractivity contribution in [2.24, 2.45) is 0 Å². The Labute approximate surface area is 114 Å². The van der Waals surface area contributed by atoms with Crippen molar-refractivity contribution in [2.45, 2.75) is 26.3 Å². The number of rotatable bonds is 4. The molecule has 0 bridgehead atoms. The zero-order valence-corrected chi connectivity index (χ0v) is 11.5. The average molecular weight is 278 g/mol. The maximum atomic E-state index is 11.7. The van der Waals surface area contributed by atoms with Gasteiger partial charge in [-0.2, -0.15) is 0 Å². The minimum atomic E-state index is -1.05. The highest BCUT2D eigenvalue weighted by molar-refractivity contribution is 7.09. The molecule has 0 amide bonds. The van der Waals surface area contributed by atoms with E-state index >= 15 is 0 Å². The molecule has 0 fully saturated rings. The number of pyridine rings is 1. The van der Waals surface area contributed by atoms with Crippen LogP contribution in [0.5, 0.6) is 0 Å². The molecule has 0 radical (unpaired) electrons. The molecule has 0 spiro atoms. The monoisotopic (exact) mass is 278 g/mol. The predicted octanol–water partition coefficient (Wildman–Crippen LogP) is 2.17. The van der Waals surface area contributed by atoms with E-state index in [1.807, 2.05) is 5.38 Å². The minimum Gasteiger partial charge on any atom is -0.478 e. The molecule has 2 aromatic heterocycles. The van der Waals surface area contributed by atoms with Crippen molar-refractivity contribution in [3.63, 3.8) is 0 Å². The molecular weight excluding hydrogens is 264 g/mol. The van der Waals surface area contributed by atoms with Crippen LogP contribution in [0.2, 0.25) is 0 Å². The normalized spacial score (nSPS) is 10.9. The molecule has 1 N–H and O–H groups in total. The van der Waals surface area contributed by atoms with Crippen LogP contribution in [0.25, 0.3) is 0 Å². The summed E-state index contributed by atoms with van der Waals surface area (Å²) in [4.78, 5) is 27.0. The fraction of sp³-hybridized carbons (Fsp3) is 0.308. The van der Waals surface area contributed by atoms with Crippen molar-refractivity contribution in [1.29, 1.82) is 0 Å². The molecule has 2 rings (SSSR count). The third-order valence-electron chi connectivity index (χ3n) is 2.63. The van der Waals surface area contributed by atoms with Crippen LogP contribution in [0, 0.1) is 0 Å². The number of hydrogen-bond donors (Lipinski definition) is 1.